The van der Waals surface area contributed by atoms with Crippen molar-refractivity contribution in [2.24, 2.45) is 23.2 Å². The van der Waals surface area contributed by atoms with Crippen LogP contribution >= 0.6 is 11.6 Å². The van der Waals surface area contributed by atoms with Crippen LogP contribution in [0.5, 0.6) is 0 Å². The molecular formula is C22H25ClFN3O. The summed E-state index contributed by atoms with van der Waals surface area (Å²) in [6, 6.07) is 4.64. The van der Waals surface area contributed by atoms with Crippen molar-refractivity contribution in [1.82, 2.24) is 4.90 Å². The number of anilines is 1. The molecule has 0 aromatic heterocycles. The Morgan fingerprint density at radius 3 is 2.18 bits per heavy atom. The van der Waals surface area contributed by atoms with Gasteiger partial charge < -0.3 is 9.80 Å². The fourth-order valence-corrected chi connectivity index (χ4v) is 6.92. The number of carbonyl (C=O) groups excluding carboxylic acids is 1. The molecule has 6 rings (SSSR count). The van der Waals surface area contributed by atoms with Crippen LogP contribution in [0.3, 0.4) is 0 Å². The zero-order chi connectivity index (χ0) is 19.5. The molecule has 0 spiro atoms. The number of hydrogen-bond donors (Lipinski definition) is 0. The summed E-state index contributed by atoms with van der Waals surface area (Å²) in [6.07, 6.45) is 7.24. The predicted octanol–water partition coefficient (Wildman–Crippen LogP) is 4.22. The van der Waals surface area contributed by atoms with Crippen LogP contribution in [0.2, 0.25) is 5.02 Å². The summed E-state index contributed by atoms with van der Waals surface area (Å²) >= 11 is 6.10. The van der Waals surface area contributed by atoms with Gasteiger partial charge in [0.05, 0.1) is 21.7 Å². The van der Waals surface area contributed by atoms with Gasteiger partial charge in [0.1, 0.15) is 11.9 Å². The molecule has 4 saturated carbocycles. The third-order valence-electron chi connectivity index (χ3n) is 7.56. The highest BCUT2D eigenvalue weighted by Crippen LogP contribution is 2.60. The van der Waals surface area contributed by atoms with E-state index in [0.717, 1.165) is 37.0 Å². The molecule has 4 bridgehead atoms. The Bertz CT molecular complexity index is 821. The summed E-state index contributed by atoms with van der Waals surface area (Å²) in [5, 5.41) is 9.27. The summed E-state index contributed by atoms with van der Waals surface area (Å²) in [4.78, 5) is 17.4. The molecule has 1 heterocycles. The average molecular weight is 402 g/mol. The molecule has 0 N–H and O–H groups in total. The van der Waals surface area contributed by atoms with E-state index in [4.69, 9.17) is 16.9 Å². The number of benzene rings is 1. The smallest absolute Gasteiger partial charge is 0.228 e. The second-order valence-electron chi connectivity index (χ2n) is 9.37. The first-order valence-corrected chi connectivity index (χ1v) is 10.8. The Labute approximate surface area is 170 Å². The van der Waals surface area contributed by atoms with Gasteiger partial charge >= 0.3 is 0 Å². The third kappa shape index (κ3) is 2.88. The van der Waals surface area contributed by atoms with E-state index in [2.05, 4.69) is 0 Å². The minimum absolute atomic E-state index is 0.111. The molecule has 148 valence electrons. The molecule has 0 atom stereocenters. The highest BCUT2D eigenvalue weighted by atomic mass is 35.5. The van der Waals surface area contributed by atoms with Crippen LogP contribution in [0, 0.1) is 40.3 Å². The molecule has 1 aromatic carbocycles. The maximum atomic E-state index is 14.4. The van der Waals surface area contributed by atoms with Crippen molar-refractivity contribution in [1.29, 1.82) is 5.26 Å². The average Bonchev–Trinajstić information content (AvgIpc) is 2.68. The van der Waals surface area contributed by atoms with Gasteiger partial charge in [0, 0.05) is 26.2 Å². The standard InChI is InChI=1S/C22H25ClFN3O/c23-18-9-20(19(24)8-17(18)13-25)26-1-3-27(4-2-26)21(28)22-10-14-5-15(11-22)7-16(6-14)12-22/h8-9,14-16H,1-7,10-12H2. The Kier molecular flexibility index (Phi) is 4.32. The van der Waals surface area contributed by atoms with E-state index in [-0.39, 0.29) is 16.0 Å². The Hall–Kier alpha value is -1.80. The molecule has 0 radical (unpaired) electrons. The van der Waals surface area contributed by atoms with Gasteiger partial charge in [0.2, 0.25) is 5.91 Å². The molecule has 1 aromatic rings. The number of rotatable bonds is 2. The number of nitrogens with zero attached hydrogens (tertiary/aromatic N) is 3. The lowest BCUT2D eigenvalue weighted by Gasteiger charge is -2.57. The lowest BCUT2D eigenvalue weighted by atomic mass is 9.49. The third-order valence-corrected chi connectivity index (χ3v) is 7.87. The number of carbonyl (C=O) groups is 1. The predicted molar refractivity (Wildman–Crippen MR) is 106 cm³/mol. The molecule has 1 saturated heterocycles. The molecule has 4 nitrogen and oxygen atoms in total. The van der Waals surface area contributed by atoms with E-state index in [0.29, 0.717) is 37.8 Å². The van der Waals surface area contributed by atoms with Gasteiger partial charge in [-0.05, 0) is 68.4 Å². The van der Waals surface area contributed by atoms with Gasteiger partial charge in [-0.15, -0.1) is 0 Å². The van der Waals surface area contributed by atoms with Crippen LogP contribution in [-0.2, 0) is 4.79 Å². The first-order valence-electron chi connectivity index (χ1n) is 10.4. The van der Waals surface area contributed by atoms with Crippen LogP contribution in [0.4, 0.5) is 10.1 Å². The van der Waals surface area contributed by atoms with Crippen LogP contribution < -0.4 is 4.90 Å². The quantitative estimate of drug-likeness (QED) is 0.745. The monoisotopic (exact) mass is 401 g/mol. The van der Waals surface area contributed by atoms with Crippen molar-refractivity contribution in [3.8, 4) is 6.07 Å². The number of hydrogen-bond acceptors (Lipinski definition) is 3. The van der Waals surface area contributed by atoms with Gasteiger partial charge in [0.15, 0.2) is 0 Å². The lowest BCUT2D eigenvalue weighted by Crippen LogP contribution is -2.58. The number of nitriles is 1. The summed E-state index contributed by atoms with van der Waals surface area (Å²) in [5.41, 5.74) is 0.462. The zero-order valence-corrected chi connectivity index (χ0v) is 16.7. The van der Waals surface area contributed by atoms with E-state index >= 15 is 0 Å². The summed E-state index contributed by atoms with van der Waals surface area (Å²) < 4.78 is 14.4. The molecule has 28 heavy (non-hydrogen) atoms. The van der Waals surface area contributed by atoms with Crippen LogP contribution in [0.15, 0.2) is 12.1 Å². The fraction of sp³-hybridized carbons (Fsp3) is 0.636. The van der Waals surface area contributed by atoms with Gasteiger partial charge in [-0.25, -0.2) is 4.39 Å². The summed E-state index contributed by atoms with van der Waals surface area (Å²) in [6.45, 7) is 2.43. The van der Waals surface area contributed by atoms with E-state index in [1.165, 1.54) is 31.4 Å². The minimum Gasteiger partial charge on any atom is -0.366 e. The Morgan fingerprint density at radius 1 is 1.07 bits per heavy atom. The first kappa shape index (κ1) is 18.2. The highest BCUT2D eigenvalue weighted by molar-refractivity contribution is 6.32. The molecule has 6 heteroatoms. The minimum atomic E-state index is -0.429. The van der Waals surface area contributed by atoms with Gasteiger partial charge in [-0.1, -0.05) is 11.6 Å². The SMILES string of the molecule is N#Cc1cc(F)c(N2CCN(C(=O)C34CC5CC(CC(C5)C3)C4)CC2)cc1Cl. The van der Waals surface area contributed by atoms with Crippen LogP contribution in [0.25, 0.3) is 0 Å². The van der Waals surface area contributed by atoms with E-state index in [1.54, 1.807) is 0 Å². The topological polar surface area (TPSA) is 47.3 Å². The van der Waals surface area contributed by atoms with Gasteiger partial charge in [-0.3, -0.25) is 4.79 Å². The summed E-state index contributed by atoms with van der Waals surface area (Å²) in [5.74, 6) is 2.19. The molecule has 1 amide bonds. The molecule has 4 aliphatic carbocycles. The maximum absolute atomic E-state index is 14.4. The lowest BCUT2D eigenvalue weighted by molar-refractivity contribution is -0.158. The van der Waals surface area contributed by atoms with Crippen LogP contribution in [0.1, 0.15) is 44.1 Å². The molecule has 5 fully saturated rings. The Balaban J connectivity index is 1.28. The first-order chi connectivity index (χ1) is 13.5. The van der Waals surface area contributed by atoms with Crippen molar-refractivity contribution in [3.63, 3.8) is 0 Å². The number of halogens is 2. The number of amides is 1. The Morgan fingerprint density at radius 2 is 1.64 bits per heavy atom. The zero-order valence-electron chi connectivity index (χ0n) is 16.0. The fourth-order valence-electron chi connectivity index (χ4n) is 6.72. The normalized spacial score (nSPS) is 33.8. The second kappa shape index (κ2) is 6.62. The second-order valence-corrected chi connectivity index (χ2v) is 9.78. The van der Waals surface area contributed by atoms with Crippen molar-refractivity contribution in [3.05, 3.63) is 28.5 Å². The number of piperazine rings is 1. The van der Waals surface area contributed by atoms with Crippen molar-refractivity contribution < 1.29 is 9.18 Å². The van der Waals surface area contributed by atoms with E-state index in [1.807, 2.05) is 15.9 Å². The highest BCUT2D eigenvalue weighted by Gasteiger charge is 2.55. The van der Waals surface area contributed by atoms with E-state index < -0.39 is 5.82 Å². The molecule has 1 aliphatic heterocycles. The summed E-state index contributed by atoms with van der Waals surface area (Å²) in [7, 11) is 0. The van der Waals surface area contributed by atoms with Crippen molar-refractivity contribution in [2.75, 3.05) is 31.1 Å². The van der Waals surface area contributed by atoms with Gasteiger partial charge in [0.25, 0.3) is 0 Å². The van der Waals surface area contributed by atoms with Crippen molar-refractivity contribution in [2.45, 2.75) is 38.5 Å². The maximum Gasteiger partial charge on any atom is 0.228 e. The van der Waals surface area contributed by atoms with E-state index in [9.17, 15) is 9.18 Å². The van der Waals surface area contributed by atoms with Gasteiger partial charge in [-0.2, -0.15) is 5.26 Å². The largest absolute Gasteiger partial charge is 0.366 e. The molecular weight excluding hydrogens is 377 g/mol. The molecule has 5 aliphatic rings. The van der Waals surface area contributed by atoms with Crippen LogP contribution in [-0.4, -0.2) is 37.0 Å². The van der Waals surface area contributed by atoms with Crippen molar-refractivity contribution >= 4 is 23.2 Å². The molecule has 0 unspecified atom stereocenters.